The van der Waals surface area contributed by atoms with Gasteiger partial charge in [-0.2, -0.15) is 0 Å². The number of carbonyl (C=O) groups excluding carboxylic acids is 1. The Kier molecular flexibility index (Phi) is 4.31. The van der Waals surface area contributed by atoms with Gasteiger partial charge in [0.1, 0.15) is 5.82 Å². The third-order valence-electron chi connectivity index (χ3n) is 4.80. The fraction of sp³-hybridized carbons (Fsp3) is 0.625. The maximum atomic E-state index is 11.4. The molecule has 6 nitrogen and oxygen atoms in total. The lowest BCUT2D eigenvalue weighted by molar-refractivity contribution is -0.130. The highest BCUT2D eigenvalue weighted by Gasteiger charge is 2.44. The maximum absolute atomic E-state index is 11.4. The second kappa shape index (κ2) is 6.22. The van der Waals surface area contributed by atoms with Crippen molar-refractivity contribution in [2.24, 2.45) is 5.92 Å². The Labute approximate surface area is 131 Å². The van der Waals surface area contributed by atoms with Crippen LogP contribution in [0.1, 0.15) is 31.7 Å². The molecule has 2 N–H and O–H groups in total. The number of piperazine rings is 1. The van der Waals surface area contributed by atoms with Gasteiger partial charge < -0.3 is 4.90 Å². The minimum atomic E-state index is -0.293. The fourth-order valence-corrected chi connectivity index (χ4v) is 3.21. The second-order valence-electron chi connectivity index (χ2n) is 6.49. The second-order valence-corrected chi connectivity index (χ2v) is 6.49. The Morgan fingerprint density at radius 2 is 2.05 bits per heavy atom. The zero-order chi connectivity index (χ0) is 15.7. The lowest BCUT2D eigenvalue weighted by atomic mass is 10.1. The van der Waals surface area contributed by atoms with Crippen LogP contribution in [0.2, 0.25) is 0 Å². The fourth-order valence-electron chi connectivity index (χ4n) is 3.21. The van der Waals surface area contributed by atoms with Crippen molar-refractivity contribution in [3.05, 3.63) is 23.9 Å². The minimum Gasteiger partial charge on any atom is -0.354 e. The Morgan fingerprint density at radius 1 is 1.32 bits per heavy atom. The van der Waals surface area contributed by atoms with Crippen molar-refractivity contribution in [2.45, 2.75) is 32.2 Å². The summed E-state index contributed by atoms with van der Waals surface area (Å²) in [5.74, 6) is 0.813. The van der Waals surface area contributed by atoms with Gasteiger partial charge in [0, 0.05) is 44.3 Å². The predicted molar refractivity (Wildman–Crippen MR) is 83.9 cm³/mol. The molecule has 0 spiro atoms. The molecule has 6 heteroatoms. The first-order chi connectivity index (χ1) is 10.6. The summed E-state index contributed by atoms with van der Waals surface area (Å²) in [7, 11) is 0. The van der Waals surface area contributed by atoms with Crippen LogP contribution in [0.3, 0.4) is 0 Å². The third-order valence-corrected chi connectivity index (χ3v) is 4.80. The summed E-state index contributed by atoms with van der Waals surface area (Å²) >= 11 is 0. The van der Waals surface area contributed by atoms with Gasteiger partial charge in [-0.15, -0.1) is 0 Å². The standard InChI is InChI=1S/C16H24N4O2/c1-11(2)19-5-7-20(8-6-19)15-4-3-12(10-17-15)13-9-14(13)16(21)18-22/h3-4,10-11,13-14,22H,5-9H2,1-2H3,(H,18,21). The van der Waals surface area contributed by atoms with Gasteiger partial charge in [0.05, 0.1) is 0 Å². The molecule has 1 aliphatic carbocycles. The zero-order valence-electron chi connectivity index (χ0n) is 13.2. The maximum Gasteiger partial charge on any atom is 0.247 e. The zero-order valence-corrected chi connectivity index (χ0v) is 13.2. The summed E-state index contributed by atoms with van der Waals surface area (Å²) in [5, 5.41) is 8.66. The van der Waals surface area contributed by atoms with E-state index in [4.69, 9.17) is 5.21 Å². The highest BCUT2D eigenvalue weighted by Crippen LogP contribution is 2.47. The Bertz CT molecular complexity index is 523. The van der Waals surface area contributed by atoms with E-state index in [-0.39, 0.29) is 17.7 Å². The molecule has 0 aromatic carbocycles. The van der Waals surface area contributed by atoms with E-state index in [0.29, 0.717) is 6.04 Å². The van der Waals surface area contributed by atoms with Crippen molar-refractivity contribution in [3.8, 4) is 0 Å². The first-order valence-corrected chi connectivity index (χ1v) is 7.99. The molecule has 1 aromatic rings. The van der Waals surface area contributed by atoms with E-state index in [1.165, 1.54) is 0 Å². The molecule has 2 aliphatic rings. The number of amides is 1. The van der Waals surface area contributed by atoms with Gasteiger partial charge in [-0.3, -0.25) is 14.9 Å². The van der Waals surface area contributed by atoms with E-state index in [1.807, 2.05) is 12.3 Å². The summed E-state index contributed by atoms with van der Waals surface area (Å²) in [6.45, 7) is 8.62. The number of pyridine rings is 1. The van der Waals surface area contributed by atoms with Crippen LogP contribution in [0.25, 0.3) is 0 Å². The van der Waals surface area contributed by atoms with Crippen LogP contribution in [0.15, 0.2) is 18.3 Å². The van der Waals surface area contributed by atoms with Crippen LogP contribution in [0.5, 0.6) is 0 Å². The highest BCUT2D eigenvalue weighted by atomic mass is 16.5. The summed E-state index contributed by atoms with van der Waals surface area (Å²) in [6, 6.07) is 4.71. The summed E-state index contributed by atoms with van der Waals surface area (Å²) in [4.78, 5) is 20.7. The lowest BCUT2D eigenvalue weighted by Crippen LogP contribution is -2.49. The van der Waals surface area contributed by atoms with E-state index >= 15 is 0 Å². The number of hydroxylamine groups is 1. The van der Waals surface area contributed by atoms with Gasteiger partial charge in [-0.1, -0.05) is 6.07 Å². The van der Waals surface area contributed by atoms with Gasteiger partial charge in [0.2, 0.25) is 5.91 Å². The average molecular weight is 304 g/mol. The van der Waals surface area contributed by atoms with Gasteiger partial charge in [0.25, 0.3) is 0 Å². The quantitative estimate of drug-likeness (QED) is 0.647. The smallest absolute Gasteiger partial charge is 0.247 e. The average Bonchev–Trinajstić information content (AvgIpc) is 3.35. The molecule has 2 heterocycles. The van der Waals surface area contributed by atoms with Crippen LogP contribution in [0, 0.1) is 5.92 Å². The molecular weight excluding hydrogens is 280 g/mol. The molecule has 1 saturated heterocycles. The highest BCUT2D eigenvalue weighted by molar-refractivity contribution is 5.81. The molecule has 3 rings (SSSR count). The number of nitrogens with one attached hydrogen (secondary N) is 1. The van der Waals surface area contributed by atoms with Gasteiger partial charge in [-0.25, -0.2) is 10.5 Å². The first-order valence-electron chi connectivity index (χ1n) is 7.99. The van der Waals surface area contributed by atoms with Crippen molar-refractivity contribution in [3.63, 3.8) is 0 Å². The molecule has 1 aliphatic heterocycles. The summed E-state index contributed by atoms with van der Waals surface area (Å²) < 4.78 is 0. The molecule has 0 bridgehead atoms. The van der Waals surface area contributed by atoms with E-state index in [2.05, 4.69) is 34.7 Å². The molecule has 120 valence electrons. The normalized spacial score (nSPS) is 25.4. The number of nitrogens with zero attached hydrogens (tertiary/aromatic N) is 3. The van der Waals surface area contributed by atoms with E-state index in [9.17, 15) is 4.79 Å². The summed E-state index contributed by atoms with van der Waals surface area (Å²) in [6.07, 6.45) is 2.67. The van der Waals surface area contributed by atoms with Crippen molar-refractivity contribution in [1.29, 1.82) is 0 Å². The largest absolute Gasteiger partial charge is 0.354 e. The van der Waals surface area contributed by atoms with Crippen molar-refractivity contribution in [1.82, 2.24) is 15.4 Å². The van der Waals surface area contributed by atoms with Crippen LogP contribution in [0.4, 0.5) is 5.82 Å². The Hall–Kier alpha value is -1.66. The summed E-state index contributed by atoms with van der Waals surface area (Å²) in [5.41, 5.74) is 2.81. The molecule has 0 radical (unpaired) electrons. The molecule has 2 unspecified atom stereocenters. The minimum absolute atomic E-state index is 0.104. The van der Waals surface area contributed by atoms with Gasteiger partial charge in [-0.05, 0) is 37.8 Å². The monoisotopic (exact) mass is 304 g/mol. The Balaban J connectivity index is 1.58. The van der Waals surface area contributed by atoms with Crippen LogP contribution in [-0.2, 0) is 4.79 Å². The molecule has 2 fully saturated rings. The van der Waals surface area contributed by atoms with Crippen LogP contribution >= 0.6 is 0 Å². The van der Waals surface area contributed by atoms with Crippen molar-refractivity contribution in [2.75, 3.05) is 31.1 Å². The van der Waals surface area contributed by atoms with Gasteiger partial charge >= 0.3 is 0 Å². The SMILES string of the molecule is CC(C)N1CCN(c2ccc(C3CC3C(=O)NO)cn2)CC1. The van der Waals surface area contributed by atoms with Crippen molar-refractivity contribution < 1.29 is 10.0 Å². The molecule has 2 atom stereocenters. The van der Waals surface area contributed by atoms with Gasteiger partial charge in [0.15, 0.2) is 0 Å². The van der Waals surface area contributed by atoms with E-state index in [1.54, 1.807) is 5.48 Å². The number of rotatable bonds is 4. The molecule has 1 amide bonds. The van der Waals surface area contributed by atoms with Crippen LogP contribution < -0.4 is 10.4 Å². The molecule has 22 heavy (non-hydrogen) atoms. The molecule has 1 aromatic heterocycles. The lowest BCUT2D eigenvalue weighted by Gasteiger charge is -2.37. The number of hydrogen-bond acceptors (Lipinski definition) is 5. The first kappa shape index (κ1) is 15.2. The number of anilines is 1. The topological polar surface area (TPSA) is 68.7 Å². The van der Waals surface area contributed by atoms with Crippen LogP contribution in [-0.4, -0.2) is 53.2 Å². The number of hydrogen-bond donors (Lipinski definition) is 2. The van der Waals surface area contributed by atoms with E-state index in [0.717, 1.165) is 44.0 Å². The number of aromatic nitrogens is 1. The molecule has 1 saturated carbocycles. The number of carbonyl (C=O) groups is 1. The molecular formula is C16H24N4O2. The predicted octanol–water partition coefficient (Wildman–Crippen LogP) is 1.22. The third kappa shape index (κ3) is 3.08. The Morgan fingerprint density at radius 3 is 2.59 bits per heavy atom. The van der Waals surface area contributed by atoms with E-state index < -0.39 is 0 Å². The van der Waals surface area contributed by atoms with Crippen molar-refractivity contribution >= 4 is 11.7 Å².